The van der Waals surface area contributed by atoms with E-state index in [0.29, 0.717) is 11.1 Å². The molecule has 1 heterocycles. The van der Waals surface area contributed by atoms with Crippen LogP contribution in [0.4, 0.5) is 0 Å². The van der Waals surface area contributed by atoms with E-state index in [1.54, 1.807) is 12.1 Å². The third-order valence-corrected chi connectivity index (χ3v) is 4.46. The summed E-state index contributed by atoms with van der Waals surface area (Å²) in [6.45, 7) is 0. The van der Waals surface area contributed by atoms with E-state index in [1.165, 1.54) is 5.56 Å². The van der Waals surface area contributed by atoms with Crippen molar-refractivity contribution in [2.24, 2.45) is 0 Å². The second-order valence-electron chi connectivity index (χ2n) is 5.78. The number of hydrogen-bond donors (Lipinski definition) is 2. The topological polar surface area (TPSA) is 70.7 Å². The lowest BCUT2D eigenvalue weighted by molar-refractivity contribution is 0.0823. The lowest BCUT2D eigenvalue weighted by Crippen LogP contribution is -2.50. The standard InChI is InChI=1S/C17H16N4O/c22-16(12-7-8-14-15(11-12)20-21-19-14)18-17(9-4-10-17)13-5-2-1-3-6-13/h1-3,5-8,11H,4,9-10H2,(H,18,22)(H,19,20,21). The maximum atomic E-state index is 12.6. The van der Waals surface area contributed by atoms with E-state index in [1.807, 2.05) is 24.3 Å². The van der Waals surface area contributed by atoms with Gasteiger partial charge in [0.1, 0.15) is 11.0 Å². The molecule has 5 heteroatoms. The summed E-state index contributed by atoms with van der Waals surface area (Å²) in [4.78, 5) is 12.6. The Bertz CT molecular complexity index is 821. The van der Waals surface area contributed by atoms with Crippen molar-refractivity contribution >= 4 is 16.9 Å². The van der Waals surface area contributed by atoms with Gasteiger partial charge in [0.2, 0.25) is 0 Å². The van der Waals surface area contributed by atoms with Gasteiger partial charge in [-0.1, -0.05) is 30.3 Å². The quantitative estimate of drug-likeness (QED) is 0.779. The number of rotatable bonds is 3. The van der Waals surface area contributed by atoms with Crippen LogP contribution in [0.1, 0.15) is 35.2 Å². The maximum absolute atomic E-state index is 12.6. The van der Waals surface area contributed by atoms with Crippen LogP contribution in [-0.2, 0) is 5.54 Å². The zero-order valence-corrected chi connectivity index (χ0v) is 12.0. The molecule has 1 saturated carbocycles. The molecule has 110 valence electrons. The summed E-state index contributed by atoms with van der Waals surface area (Å²) in [6.07, 6.45) is 3.10. The molecule has 3 aromatic rings. The Morgan fingerprint density at radius 1 is 1.05 bits per heavy atom. The minimum Gasteiger partial charge on any atom is -0.343 e. The first-order valence-corrected chi connectivity index (χ1v) is 7.45. The third kappa shape index (κ3) is 2.06. The number of aromatic amines is 1. The van der Waals surface area contributed by atoms with Gasteiger partial charge in [-0.15, -0.1) is 0 Å². The molecule has 2 aromatic carbocycles. The highest BCUT2D eigenvalue weighted by molar-refractivity contribution is 5.97. The molecule has 0 unspecified atom stereocenters. The molecule has 0 aliphatic heterocycles. The largest absolute Gasteiger partial charge is 0.343 e. The average molecular weight is 292 g/mol. The van der Waals surface area contributed by atoms with E-state index in [-0.39, 0.29) is 11.4 Å². The molecule has 22 heavy (non-hydrogen) atoms. The molecule has 1 fully saturated rings. The van der Waals surface area contributed by atoms with Gasteiger partial charge < -0.3 is 5.32 Å². The van der Waals surface area contributed by atoms with Crippen molar-refractivity contribution in [3.05, 3.63) is 59.7 Å². The van der Waals surface area contributed by atoms with Crippen LogP contribution in [-0.4, -0.2) is 21.3 Å². The van der Waals surface area contributed by atoms with Crippen LogP contribution in [0.25, 0.3) is 11.0 Å². The second-order valence-corrected chi connectivity index (χ2v) is 5.78. The van der Waals surface area contributed by atoms with Crippen molar-refractivity contribution in [3.63, 3.8) is 0 Å². The SMILES string of the molecule is O=C(NC1(c2ccccc2)CCC1)c1ccc2n[nH]nc2c1. The van der Waals surface area contributed by atoms with Crippen molar-refractivity contribution in [2.45, 2.75) is 24.8 Å². The van der Waals surface area contributed by atoms with Crippen LogP contribution in [0.3, 0.4) is 0 Å². The Labute approximate surface area is 127 Å². The molecule has 1 aliphatic rings. The van der Waals surface area contributed by atoms with Crippen molar-refractivity contribution in [1.82, 2.24) is 20.7 Å². The highest BCUT2D eigenvalue weighted by atomic mass is 16.1. The Hall–Kier alpha value is -2.69. The molecule has 1 aliphatic carbocycles. The highest BCUT2D eigenvalue weighted by Gasteiger charge is 2.40. The number of nitrogens with zero attached hydrogens (tertiary/aromatic N) is 2. The van der Waals surface area contributed by atoms with Gasteiger partial charge in [-0.05, 0) is 43.0 Å². The summed E-state index contributed by atoms with van der Waals surface area (Å²) in [5.41, 5.74) is 3.03. The minimum atomic E-state index is -0.225. The van der Waals surface area contributed by atoms with Crippen LogP contribution in [0.15, 0.2) is 48.5 Å². The molecule has 0 spiro atoms. The molecular weight excluding hydrogens is 276 g/mol. The Morgan fingerprint density at radius 3 is 2.55 bits per heavy atom. The highest BCUT2D eigenvalue weighted by Crippen LogP contribution is 2.41. The summed E-state index contributed by atoms with van der Waals surface area (Å²) in [6, 6.07) is 15.6. The van der Waals surface area contributed by atoms with Gasteiger partial charge in [-0.2, -0.15) is 15.4 Å². The number of nitrogens with one attached hydrogen (secondary N) is 2. The average Bonchev–Trinajstić information content (AvgIpc) is 2.99. The fraction of sp³-hybridized carbons (Fsp3) is 0.235. The van der Waals surface area contributed by atoms with Crippen LogP contribution in [0, 0.1) is 0 Å². The lowest BCUT2D eigenvalue weighted by Gasteiger charge is -2.43. The van der Waals surface area contributed by atoms with Crippen LogP contribution in [0.2, 0.25) is 0 Å². The normalized spacial score (nSPS) is 16.2. The van der Waals surface area contributed by atoms with Gasteiger partial charge in [-0.3, -0.25) is 4.79 Å². The zero-order valence-electron chi connectivity index (χ0n) is 12.0. The zero-order chi connectivity index (χ0) is 15.0. The second kappa shape index (κ2) is 4.94. The smallest absolute Gasteiger partial charge is 0.252 e. The number of H-pyrrole nitrogens is 1. The molecule has 1 amide bonds. The molecule has 0 saturated heterocycles. The first-order chi connectivity index (χ1) is 10.8. The monoisotopic (exact) mass is 292 g/mol. The van der Waals surface area contributed by atoms with Gasteiger partial charge in [-0.25, -0.2) is 0 Å². The van der Waals surface area contributed by atoms with E-state index >= 15 is 0 Å². The number of fused-ring (bicyclic) bond motifs is 1. The van der Waals surface area contributed by atoms with Crippen LogP contribution in [0.5, 0.6) is 0 Å². The van der Waals surface area contributed by atoms with Gasteiger partial charge in [0.05, 0.1) is 5.54 Å². The van der Waals surface area contributed by atoms with Crippen LogP contribution >= 0.6 is 0 Å². The van der Waals surface area contributed by atoms with E-state index < -0.39 is 0 Å². The fourth-order valence-electron chi connectivity index (χ4n) is 3.04. The molecule has 0 atom stereocenters. The van der Waals surface area contributed by atoms with E-state index in [2.05, 4.69) is 32.9 Å². The number of aromatic nitrogens is 3. The first kappa shape index (κ1) is 13.0. The molecule has 1 aromatic heterocycles. The van der Waals surface area contributed by atoms with Gasteiger partial charge in [0.25, 0.3) is 5.91 Å². The predicted molar refractivity (Wildman–Crippen MR) is 83.3 cm³/mol. The van der Waals surface area contributed by atoms with Crippen molar-refractivity contribution in [2.75, 3.05) is 0 Å². The summed E-state index contributed by atoms with van der Waals surface area (Å²) in [5, 5.41) is 13.8. The molecule has 0 bridgehead atoms. The number of carbonyl (C=O) groups excluding carboxylic acids is 1. The van der Waals surface area contributed by atoms with Crippen LogP contribution < -0.4 is 5.32 Å². The Morgan fingerprint density at radius 2 is 1.82 bits per heavy atom. The lowest BCUT2D eigenvalue weighted by atomic mass is 9.71. The third-order valence-electron chi connectivity index (χ3n) is 4.46. The number of benzene rings is 2. The summed E-state index contributed by atoms with van der Waals surface area (Å²) in [5.74, 6) is -0.0616. The number of hydrogen-bond acceptors (Lipinski definition) is 3. The molecule has 5 nitrogen and oxygen atoms in total. The van der Waals surface area contributed by atoms with E-state index in [4.69, 9.17) is 0 Å². The molecule has 4 rings (SSSR count). The maximum Gasteiger partial charge on any atom is 0.252 e. The first-order valence-electron chi connectivity index (χ1n) is 7.45. The van der Waals surface area contributed by atoms with E-state index in [0.717, 1.165) is 24.8 Å². The Balaban J connectivity index is 1.62. The molecule has 0 radical (unpaired) electrons. The molecule has 2 N–H and O–H groups in total. The molecular formula is C17H16N4O. The van der Waals surface area contributed by atoms with Crippen molar-refractivity contribution < 1.29 is 4.79 Å². The van der Waals surface area contributed by atoms with Gasteiger partial charge in [0.15, 0.2) is 0 Å². The van der Waals surface area contributed by atoms with Crippen molar-refractivity contribution in [3.8, 4) is 0 Å². The summed E-state index contributed by atoms with van der Waals surface area (Å²) in [7, 11) is 0. The Kier molecular flexibility index (Phi) is 2.92. The van der Waals surface area contributed by atoms with E-state index in [9.17, 15) is 4.79 Å². The number of amides is 1. The van der Waals surface area contributed by atoms with Crippen molar-refractivity contribution in [1.29, 1.82) is 0 Å². The summed E-state index contributed by atoms with van der Waals surface area (Å²) < 4.78 is 0. The number of carbonyl (C=O) groups is 1. The fourth-order valence-corrected chi connectivity index (χ4v) is 3.04. The predicted octanol–water partition coefficient (Wildman–Crippen LogP) is 2.77. The summed E-state index contributed by atoms with van der Waals surface area (Å²) >= 11 is 0. The van der Waals surface area contributed by atoms with Gasteiger partial charge in [0, 0.05) is 5.56 Å². The van der Waals surface area contributed by atoms with Gasteiger partial charge >= 0.3 is 0 Å². The minimum absolute atomic E-state index is 0.0616.